The predicted octanol–water partition coefficient (Wildman–Crippen LogP) is 4.60. The highest BCUT2D eigenvalue weighted by atomic mass is 14.6. The molecule has 0 spiro atoms. The molecule has 3 fully saturated rings. The molecule has 0 N–H and O–H groups in total. The van der Waals surface area contributed by atoms with E-state index in [1.54, 1.807) is 25.7 Å². The van der Waals surface area contributed by atoms with Crippen LogP contribution in [0, 0.1) is 47.3 Å². The maximum absolute atomic E-state index is 2.49. The molecule has 3 rings (SSSR count). The molecule has 3 aliphatic rings. The molecule has 0 aromatic rings. The smallest absolute Gasteiger partial charge is 0.0349 e. The maximum atomic E-state index is 2.49. The summed E-state index contributed by atoms with van der Waals surface area (Å²) in [5, 5.41) is 0. The van der Waals surface area contributed by atoms with Crippen LogP contribution in [-0.4, -0.2) is 0 Å². The van der Waals surface area contributed by atoms with E-state index in [1.165, 1.54) is 0 Å². The van der Waals surface area contributed by atoms with Gasteiger partial charge >= 0.3 is 0 Å². The van der Waals surface area contributed by atoms with Crippen molar-refractivity contribution < 1.29 is 0 Å². The first-order valence-corrected chi connectivity index (χ1v) is 7.58. The zero-order valence-corrected chi connectivity index (χ0v) is 11.4. The second-order valence-electron chi connectivity index (χ2n) is 7.51. The van der Waals surface area contributed by atoms with Gasteiger partial charge in [-0.25, -0.2) is 0 Å². The van der Waals surface area contributed by atoms with Gasteiger partial charge in [0.1, 0.15) is 0 Å². The average molecular weight is 220 g/mol. The number of fused-ring (bicyclic) bond motifs is 4. The van der Waals surface area contributed by atoms with Gasteiger partial charge in [-0.1, -0.05) is 27.7 Å². The van der Waals surface area contributed by atoms with Crippen molar-refractivity contribution in [1.82, 2.24) is 0 Å². The van der Waals surface area contributed by atoms with Gasteiger partial charge in [0.15, 0.2) is 0 Å². The van der Waals surface area contributed by atoms with Crippen molar-refractivity contribution in [2.75, 3.05) is 0 Å². The molecule has 92 valence electrons. The Bertz CT molecular complexity index is 205. The molecule has 4 unspecified atom stereocenters. The highest BCUT2D eigenvalue weighted by Gasteiger charge is 2.55. The SMILES string of the molecule is CC1CC2C(CC1C)C1CC(C)C(C)CC21. The Balaban J connectivity index is 1.72. The molecular formula is C16H28. The Morgan fingerprint density at radius 3 is 0.812 bits per heavy atom. The largest absolute Gasteiger partial charge is 0.0622 e. The Labute approximate surface area is 101 Å². The number of hydrogen-bond acceptors (Lipinski definition) is 0. The van der Waals surface area contributed by atoms with Gasteiger partial charge in [-0.15, -0.1) is 0 Å². The third-order valence-electron chi connectivity index (χ3n) is 6.72. The summed E-state index contributed by atoms with van der Waals surface area (Å²) in [6, 6.07) is 0. The van der Waals surface area contributed by atoms with E-state index in [9.17, 15) is 0 Å². The molecule has 16 heavy (non-hydrogen) atoms. The van der Waals surface area contributed by atoms with Gasteiger partial charge in [-0.2, -0.15) is 0 Å². The fourth-order valence-electron chi connectivity index (χ4n) is 5.17. The zero-order chi connectivity index (χ0) is 11.4. The lowest BCUT2D eigenvalue weighted by Gasteiger charge is -2.61. The third-order valence-corrected chi connectivity index (χ3v) is 6.72. The van der Waals surface area contributed by atoms with E-state index in [2.05, 4.69) is 27.7 Å². The fourth-order valence-corrected chi connectivity index (χ4v) is 5.17. The van der Waals surface area contributed by atoms with Crippen LogP contribution in [0.1, 0.15) is 53.4 Å². The number of rotatable bonds is 0. The predicted molar refractivity (Wildman–Crippen MR) is 69.1 cm³/mol. The summed E-state index contributed by atoms with van der Waals surface area (Å²) in [5.74, 6) is 8.51. The topological polar surface area (TPSA) is 0 Å². The van der Waals surface area contributed by atoms with E-state index in [-0.39, 0.29) is 0 Å². The summed E-state index contributed by atoms with van der Waals surface area (Å²) in [6.45, 7) is 9.96. The van der Waals surface area contributed by atoms with Crippen molar-refractivity contribution >= 4 is 0 Å². The van der Waals surface area contributed by atoms with Crippen molar-refractivity contribution in [3.63, 3.8) is 0 Å². The molecular weight excluding hydrogens is 192 g/mol. The Kier molecular flexibility index (Phi) is 2.60. The van der Waals surface area contributed by atoms with Crippen LogP contribution in [0.2, 0.25) is 0 Å². The summed E-state index contributed by atoms with van der Waals surface area (Å²) in [7, 11) is 0. The van der Waals surface area contributed by atoms with Crippen LogP contribution in [0.15, 0.2) is 0 Å². The lowest BCUT2D eigenvalue weighted by molar-refractivity contribution is -0.126. The third kappa shape index (κ3) is 1.48. The molecule has 0 aromatic carbocycles. The molecule has 0 heterocycles. The first-order valence-electron chi connectivity index (χ1n) is 7.58. The van der Waals surface area contributed by atoms with Gasteiger partial charge in [0.2, 0.25) is 0 Å². The van der Waals surface area contributed by atoms with E-state index in [4.69, 9.17) is 0 Å². The molecule has 0 radical (unpaired) electrons. The van der Waals surface area contributed by atoms with Crippen LogP contribution >= 0.6 is 0 Å². The van der Waals surface area contributed by atoms with E-state index in [0.29, 0.717) is 0 Å². The minimum absolute atomic E-state index is 0.997. The molecule has 0 bridgehead atoms. The monoisotopic (exact) mass is 220 g/mol. The first-order chi connectivity index (χ1) is 7.58. The zero-order valence-electron chi connectivity index (χ0n) is 11.4. The van der Waals surface area contributed by atoms with Gasteiger partial charge in [0.25, 0.3) is 0 Å². The Hall–Kier alpha value is 0. The quantitative estimate of drug-likeness (QED) is 0.560. The minimum Gasteiger partial charge on any atom is -0.0622 e. The number of hydrogen-bond donors (Lipinski definition) is 0. The van der Waals surface area contributed by atoms with E-state index < -0.39 is 0 Å². The van der Waals surface area contributed by atoms with Gasteiger partial charge in [0.05, 0.1) is 0 Å². The van der Waals surface area contributed by atoms with E-state index >= 15 is 0 Å². The molecule has 3 saturated carbocycles. The lowest BCUT2D eigenvalue weighted by Crippen LogP contribution is -2.54. The summed E-state index contributed by atoms with van der Waals surface area (Å²) in [6.07, 6.45) is 6.20. The van der Waals surface area contributed by atoms with Gasteiger partial charge in [-0.05, 0) is 73.0 Å². The molecule has 0 nitrogen and oxygen atoms in total. The van der Waals surface area contributed by atoms with Crippen LogP contribution in [0.3, 0.4) is 0 Å². The highest BCUT2D eigenvalue weighted by Crippen LogP contribution is 2.62. The van der Waals surface area contributed by atoms with Gasteiger partial charge in [0, 0.05) is 0 Å². The summed E-state index contributed by atoms with van der Waals surface area (Å²) < 4.78 is 0. The van der Waals surface area contributed by atoms with Crippen LogP contribution < -0.4 is 0 Å². The first kappa shape index (κ1) is 11.1. The van der Waals surface area contributed by atoms with Gasteiger partial charge in [-0.3, -0.25) is 0 Å². The second kappa shape index (κ2) is 3.75. The van der Waals surface area contributed by atoms with Crippen molar-refractivity contribution in [2.24, 2.45) is 47.3 Å². The molecule has 3 aliphatic carbocycles. The Morgan fingerprint density at radius 2 is 0.625 bits per heavy atom. The van der Waals surface area contributed by atoms with Crippen LogP contribution in [0.25, 0.3) is 0 Å². The normalized spacial score (nSPS) is 60.8. The van der Waals surface area contributed by atoms with E-state index in [0.717, 1.165) is 47.3 Å². The van der Waals surface area contributed by atoms with Gasteiger partial charge < -0.3 is 0 Å². The maximum Gasteiger partial charge on any atom is -0.0349 e. The minimum atomic E-state index is 0.997. The van der Waals surface area contributed by atoms with Crippen LogP contribution in [0.4, 0.5) is 0 Å². The van der Waals surface area contributed by atoms with E-state index in [1.807, 2.05) is 0 Å². The highest BCUT2D eigenvalue weighted by molar-refractivity contribution is 5.04. The Morgan fingerprint density at radius 1 is 0.438 bits per heavy atom. The van der Waals surface area contributed by atoms with Crippen LogP contribution in [0.5, 0.6) is 0 Å². The lowest BCUT2D eigenvalue weighted by atomic mass is 9.44. The molecule has 0 aromatic heterocycles. The molecule has 0 saturated heterocycles. The van der Waals surface area contributed by atoms with Crippen molar-refractivity contribution in [3.05, 3.63) is 0 Å². The standard InChI is InChI=1S/C16H28/c1-9-5-13-14(6-10(9)2)16-8-12(4)11(3)7-15(13)16/h9-16H,5-8H2,1-4H3. The summed E-state index contributed by atoms with van der Waals surface area (Å²) in [4.78, 5) is 0. The second-order valence-corrected chi connectivity index (χ2v) is 7.51. The molecule has 0 amide bonds. The molecule has 0 aliphatic heterocycles. The summed E-state index contributed by atoms with van der Waals surface area (Å²) >= 11 is 0. The molecule has 0 heteroatoms. The molecule has 4 atom stereocenters. The average Bonchev–Trinajstić information content (AvgIpc) is 2.26. The van der Waals surface area contributed by atoms with Crippen molar-refractivity contribution in [2.45, 2.75) is 53.4 Å². The van der Waals surface area contributed by atoms with Crippen LogP contribution in [-0.2, 0) is 0 Å². The van der Waals surface area contributed by atoms with Crippen molar-refractivity contribution in [3.8, 4) is 0 Å². The fraction of sp³-hybridized carbons (Fsp3) is 1.00. The van der Waals surface area contributed by atoms with Crippen molar-refractivity contribution in [1.29, 1.82) is 0 Å². The summed E-state index contributed by atoms with van der Waals surface area (Å²) in [5.41, 5.74) is 0.